The lowest BCUT2D eigenvalue weighted by Gasteiger charge is -2.03. The molecule has 0 aromatic carbocycles. The summed E-state index contributed by atoms with van der Waals surface area (Å²) in [5, 5.41) is 11.9. The molecule has 2 heterocycles. The fourth-order valence-electron chi connectivity index (χ4n) is 1.38. The summed E-state index contributed by atoms with van der Waals surface area (Å²) in [7, 11) is 0. The Morgan fingerprint density at radius 3 is 3.00 bits per heavy atom. The third-order valence-corrected chi connectivity index (χ3v) is 3.05. The molecule has 0 fully saturated rings. The molecule has 0 spiro atoms. The van der Waals surface area contributed by atoms with Crippen LogP contribution in [0.3, 0.4) is 0 Å². The summed E-state index contributed by atoms with van der Waals surface area (Å²) < 4.78 is 0.787. The van der Waals surface area contributed by atoms with Gasteiger partial charge >= 0.3 is 0 Å². The minimum atomic E-state index is 0.277. The molecule has 0 aliphatic carbocycles. The van der Waals surface area contributed by atoms with Crippen molar-refractivity contribution in [3.8, 4) is 0 Å². The van der Waals surface area contributed by atoms with E-state index in [-0.39, 0.29) is 5.95 Å². The predicted molar refractivity (Wildman–Crippen MR) is 66.1 cm³/mol. The fraction of sp³-hybridized carbons (Fsp3) is 0.182. The lowest BCUT2D eigenvalue weighted by atomic mass is 10.3. The zero-order valence-electron chi connectivity index (χ0n) is 9.33. The first-order chi connectivity index (χ1) is 8.13. The number of pyridine rings is 1. The van der Waals surface area contributed by atoms with E-state index in [1.165, 1.54) is 18.0 Å². The third kappa shape index (κ3) is 3.32. The first-order valence-electron chi connectivity index (χ1n) is 5.05. The van der Waals surface area contributed by atoms with E-state index in [0.29, 0.717) is 5.75 Å². The summed E-state index contributed by atoms with van der Waals surface area (Å²) in [4.78, 5) is 8.12. The van der Waals surface area contributed by atoms with Crippen LogP contribution in [0.5, 0.6) is 0 Å². The number of anilines is 1. The third-order valence-electron chi connectivity index (χ3n) is 2.07. The van der Waals surface area contributed by atoms with Crippen molar-refractivity contribution < 1.29 is 4.73 Å². The van der Waals surface area contributed by atoms with Gasteiger partial charge in [-0.1, -0.05) is 0 Å². The van der Waals surface area contributed by atoms with Crippen molar-refractivity contribution in [1.82, 2.24) is 9.97 Å². The van der Waals surface area contributed by atoms with Crippen molar-refractivity contribution in [2.24, 2.45) is 0 Å². The maximum atomic E-state index is 11.1. The summed E-state index contributed by atoms with van der Waals surface area (Å²) >= 11 is 1.53. The Kier molecular flexibility index (Phi) is 3.43. The number of nitrogens with zero attached hydrogens (tertiary/aromatic N) is 3. The number of hydrogen-bond acceptors (Lipinski definition) is 5. The van der Waals surface area contributed by atoms with E-state index in [1.807, 2.05) is 19.1 Å². The molecule has 88 valence electrons. The van der Waals surface area contributed by atoms with Gasteiger partial charge in [-0.2, -0.15) is 4.73 Å². The molecule has 5 nitrogen and oxygen atoms in total. The van der Waals surface area contributed by atoms with Crippen molar-refractivity contribution >= 4 is 17.7 Å². The monoisotopic (exact) mass is 248 g/mol. The molecule has 2 aromatic rings. The molecular formula is C11H12N4OS. The molecule has 0 saturated carbocycles. The van der Waals surface area contributed by atoms with Gasteiger partial charge in [0.25, 0.3) is 0 Å². The highest BCUT2D eigenvalue weighted by Crippen LogP contribution is 2.21. The molecular weight excluding hydrogens is 236 g/mol. The van der Waals surface area contributed by atoms with Crippen LogP contribution >= 0.6 is 11.8 Å². The summed E-state index contributed by atoms with van der Waals surface area (Å²) in [6.45, 7) is 1.87. The average molecular weight is 248 g/mol. The molecule has 2 aromatic heterocycles. The van der Waals surface area contributed by atoms with Gasteiger partial charge in [0.2, 0.25) is 5.95 Å². The first-order valence-corrected chi connectivity index (χ1v) is 6.04. The molecule has 6 heteroatoms. The number of aromatic nitrogens is 3. The second kappa shape index (κ2) is 5.01. The Morgan fingerprint density at radius 1 is 1.47 bits per heavy atom. The van der Waals surface area contributed by atoms with Crippen molar-refractivity contribution in [1.29, 1.82) is 0 Å². The normalized spacial score (nSPS) is 10.4. The van der Waals surface area contributed by atoms with Gasteiger partial charge < -0.3 is 10.9 Å². The number of nitrogens with two attached hydrogens (primary N) is 1. The number of nitrogen functional groups attached to an aromatic ring is 1. The molecule has 0 aliphatic rings. The SMILES string of the molecule is Cc1cc(SCc2ccc[n+]([O-])c2)nc(N)n1. The van der Waals surface area contributed by atoms with Crippen molar-refractivity contribution in [2.75, 3.05) is 5.73 Å². The molecule has 0 saturated heterocycles. The van der Waals surface area contributed by atoms with Crippen LogP contribution in [0.1, 0.15) is 11.3 Å². The van der Waals surface area contributed by atoms with E-state index in [2.05, 4.69) is 9.97 Å². The minimum Gasteiger partial charge on any atom is -0.619 e. The Morgan fingerprint density at radius 2 is 2.29 bits per heavy atom. The van der Waals surface area contributed by atoms with E-state index in [0.717, 1.165) is 21.0 Å². The highest BCUT2D eigenvalue weighted by molar-refractivity contribution is 7.98. The smallest absolute Gasteiger partial charge is 0.221 e. The van der Waals surface area contributed by atoms with Crippen molar-refractivity contribution in [2.45, 2.75) is 17.7 Å². The predicted octanol–water partition coefficient (Wildman–Crippen LogP) is 1.29. The molecule has 17 heavy (non-hydrogen) atoms. The molecule has 0 bridgehead atoms. The molecule has 2 rings (SSSR count). The fourth-order valence-corrected chi connectivity index (χ4v) is 2.28. The molecule has 0 amide bonds. The molecule has 0 radical (unpaired) electrons. The number of rotatable bonds is 3. The van der Waals surface area contributed by atoms with Gasteiger partial charge in [0.15, 0.2) is 12.4 Å². The van der Waals surface area contributed by atoms with Gasteiger partial charge in [0.05, 0.1) is 0 Å². The summed E-state index contributed by atoms with van der Waals surface area (Å²) in [6, 6.07) is 5.50. The molecule has 0 unspecified atom stereocenters. The number of aryl methyl sites for hydroxylation is 1. The Labute approximate surface area is 103 Å². The van der Waals surface area contributed by atoms with Crippen LogP contribution in [0.2, 0.25) is 0 Å². The number of thioether (sulfide) groups is 1. The first kappa shape index (κ1) is 11.7. The summed E-state index contributed by atoms with van der Waals surface area (Å²) in [5.41, 5.74) is 7.35. The maximum absolute atomic E-state index is 11.1. The van der Waals surface area contributed by atoms with E-state index >= 15 is 0 Å². The zero-order chi connectivity index (χ0) is 12.3. The van der Waals surface area contributed by atoms with Gasteiger partial charge in [-0.05, 0) is 19.1 Å². The van der Waals surface area contributed by atoms with E-state index in [1.54, 1.807) is 12.3 Å². The average Bonchev–Trinajstić information content (AvgIpc) is 2.25. The highest BCUT2D eigenvalue weighted by Gasteiger charge is 2.03. The molecule has 0 atom stereocenters. The zero-order valence-corrected chi connectivity index (χ0v) is 10.1. The lowest BCUT2D eigenvalue weighted by Crippen LogP contribution is -2.24. The van der Waals surface area contributed by atoms with Crippen molar-refractivity contribution in [3.05, 3.63) is 47.1 Å². The summed E-state index contributed by atoms with van der Waals surface area (Å²) in [5.74, 6) is 0.957. The van der Waals surface area contributed by atoms with Gasteiger partial charge in [0.1, 0.15) is 5.03 Å². The maximum Gasteiger partial charge on any atom is 0.221 e. The van der Waals surface area contributed by atoms with Gasteiger partial charge in [0, 0.05) is 23.1 Å². The number of hydrogen-bond donors (Lipinski definition) is 1. The van der Waals surface area contributed by atoms with Crippen LogP contribution in [0, 0.1) is 12.1 Å². The standard InChI is InChI=1S/C11H12N4OS/c1-8-5-10(14-11(12)13-8)17-7-9-3-2-4-15(16)6-9/h2-6H,7H2,1H3,(H2,12,13,14). The topological polar surface area (TPSA) is 78.7 Å². The van der Waals surface area contributed by atoms with Crippen LogP contribution in [0.25, 0.3) is 0 Å². The van der Waals surface area contributed by atoms with E-state index in [4.69, 9.17) is 5.73 Å². The van der Waals surface area contributed by atoms with Gasteiger partial charge in [-0.3, -0.25) is 0 Å². The van der Waals surface area contributed by atoms with Crippen LogP contribution < -0.4 is 10.5 Å². The Hall–Kier alpha value is -1.82. The second-order valence-electron chi connectivity index (χ2n) is 3.57. The Bertz CT molecular complexity index is 512. The summed E-state index contributed by atoms with van der Waals surface area (Å²) in [6.07, 6.45) is 3.01. The highest BCUT2D eigenvalue weighted by atomic mass is 32.2. The van der Waals surface area contributed by atoms with Crippen LogP contribution in [-0.2, 0) is 5.75 Å². The van der Waals surface area contributed by atoms with Crippen LogP contribution in [0.4, 0.5) is 5.95 Å². The van der Waals surface area contributed by atoms with E-state index in [9.17, 15) is 5.21 Å². The largest absolute Gasteiger partial charge is 0.619 e. The van der Waals surface area contributed by atoms with Crippen LogP contribution in [-0.4, -0.2) is 9.97 Å². The molecule has 0 aliphatic heterocycles. The van der Waals surface area contributed by atoms with Crippen LogP contribution in [0.15, 0.2) is 35.6 Å². The van der Waals surface area contributed by atoms with Crippen molar-refractivity contribution in [3.63, 3.8) is 0 Å². The van der Waals surface area contributed by atoms with Gasteiger partial charge in [-0.15, -0.1) is 11.8 Å². The van der Waals surface area contributed by atoms with E-state index < -0.39 is 0 Å². The lowest BCUT2D eigenvalue weighted by molar-refractivity contribution is -0.605. The molecule has 2 N–H and O–H groups in total. The second-order valence-corrected chi connectivity index (χ2v) is 4.56. The quantitative estimate of drug-likeness (QED) is 0.383. The minimum absolute atomic E-state index is 0.277. The Balaban J connectivity index is 2.07. The van der Waals surface area contributed by atoms with Gasteiger partial charge in [-0.25, -0.2) is 9.97 Å².